The molecule has 2 rings (SSSR count). The molecule has 0 radical (unpaired) electrons. The summed E-state index contributed by atoms with van der Waals surface area (Å²) in [6.07, 6.45) is 1.69. The van der Waals surface area contributed by atoms with E-state index in [1.165, 1.54) is 13.0 Å². The van der Waals surface area contributed by atoms with Crippen LogP contribution in [0.4, 0.5) is 8.78 Å². The third-order valence-electron chi connectivity index (χ3n) is 2.70. The Morgan fingerprint density at radius 1 is 1.29 bits per heavy atom. The standard InChI is InChI=1S/C15H10F2O4/c1-8-7-13(19)14(15(20)21-8)12(18)6-5-9-10(16)3-2-4-11(9)17/h2-7,19H,1H3/b6-5+. The highest BCUT2D eigenvalue weighted by Crippen LogP contribution is 2.17. The molecule has 0 amide bonds. The van der Waals surface area contributed by atoms with Gasteiger partial charge in [0.2, 0.25) is 0 Å². The Morgan fingerprint density at radius 2 is 1.90 bits per heavy atom. The molecule has 108 valence electrons. The van der Waals surface area contributed by atoms with Gasteiger partial charge in [-0.3, -0.25) is 4.79 Å². The van der Waals surface area contributed by atoms with Crippen LogP contribution in [0.3, 0.4) is 0 Å². The van der Waals surface area contributed by atoms with E-state index in [4.69, 9.17) is 4.42 Å². The van der Waals surface area contributed by atoms with Crippen LogP contribution in [-0.4, -0.2) is 10.9 Å². The zero-order valence-corrected chi connectivity index (χ0v) is 10.9. The van der Waals surface area contributed by atoms with Gasteiger partial charge in [0, 0.05) is 11.6 Å². The molecule has 0 saturated carbocycles. The minimum atomic E-state index is -1.02. The van der Waals surface area contributed by atoms with Crippen LogP contribution in [0.1, 0.15) is 21.7 Å². The highest BCUT2D eigenvalue weighted by Gasteiger charge is 2.16. The Bertz CT molecular complexity index is 770. The predicted molar refractivity (Wildman–Crippen MR) is 71.1 cm³/mol. The van der Waals surface area contributed by atoms with Crippen molar-refractivity contribution in [3.05, 3.63) is 69.3 Å². The number of ketones is 1. The second kappa shape index (κ2) is 5.70. The average molecular weight is 292 g/mol. The highest BCUT2D eigenvalue weighted by atomic mass is 19.1. The molecule has 4 nitrogen and oxygen atoms in total. The van der Waals surface area contributed by atoms with Crippen LogP contribution >= 0.6 is 0 Å². The van der Waals surface area contributed by atoms with Gasteiger partial charge in [-0.05, 0) is 31.2 Å². The van der Waals surface area contributed by atoms with E-state index < -0.39 is 39.9 Å². The van der Waals surface area contributed by atoms with E-state index in [0.717, 1.165) is 30.4 Å². The van der Waals surface area contributed by atoms with Gasteiger partial charge >= 0.3 is 5.63 Å². The fourth-order valence-corrected chi connectivity index (χ4v) is 1.74. The lowest BCUT2D eigenvalue weighted by molar-refractivity contribution is 0.104. The summed E-state index contributed by atoms with van der Waals surface area (Å²) in [5.74, 6) is -3.02. The fraction of sp³-hybridized carbons (Fsp3) is 0.0667. The molecule has 1 aromatic carbocycles. The molecular weight excluding hydrogens is 282 g/mol. The van der Waals surface area contributed by atoms with Gasteiger partial charge in [0.05, 0.1) is 0 Å². The lowest BCUT2D eigenvalue weighted by Crippen LogP contribution is -2.13. The molecule has 0 aliphatic carbocycles. The van der Waals surface area contributed by atoms with Crippen molar-refractivity contribution in [3.63, 3.8) is 0 Å². The third-order valence-corrected chi connectivity index (χ3v) is 2.70. The number of aryl methyl sites for hydroxylation is 1. The van der Waals surface area contributed by atoms with Crippen LogP contribution in [0.25, 0.3) is 6.08 Å². The van der Waals surface area contributed by atoms with Crippen LogP contribution < -0.4 is 5.63 Å². The molecule has 1 N–H and O–H groups in total. The van der Waals surface area contributed by atoms with Gasteiger partial charge in [0.15, 0.2) is 5.78 Å². The molecule has 1 aromatic heterocycles. The van der Waals surface area contributed by atoms with Gasteiger partial charge in [-0.25, -0.2) is 13.6 Å². The molecule has 0 aliphatic rings. The first-order chi connectivity index (χ1) is 9.90. The minimum Gasteiger partial charge on any atom is -0.507 e. The molecule has 1 heterocycles. The van der Waals surface area contributed by atoms with Crippen LogP contribution in [-0.2, 0) is 0 Å². The Kier molecular flexibility index (Phi) is 3.98. The lowest BCUT2D eigenvalue weighted by Gasteiger charge is -2.00. The molecular formula is C15H10F2O4. The van der Waals surface area contributed by atoms with Crippen LogP contribution in [0, 0.1) is 18.6 Å². The minimum absolute atomic E-state index is 0.137. The molecule has 6 heteroatoms. The summed E-state index contributed by atoms with van der Waals surface area (Å²) in [4.78, 5) is 23.4. The van der Waals surface area contributed by atoms with E-state index in [0.29, 0.717) is 0 Å². The van der Waals surface area contributed by atoms with Gasteiger partial charge in [-0.1, -0.05) is 6.07 Å². The number of halogens is 2. The van der Waals surface area contributed by atoms with Crippen molar-refractivity contribution in [2.45, 2.75) is 6.92 Å². The van der Waals surface area contributed by atoms with Crippen molar-refractivity contribution in [3.8, 4) is 5.75 Å². The zero-order valence-electron chi connectivity index (χ0n) is 10.9. The quantitative estimate of drug-likeness (QED) is 0.697. The SMILES string of the molecule is Cc1cc(O)c(C(=O)/C=C/c2c(F)cccc2F)c(=O)o1. The summed E-state index contributed by atoms with van der Waals surface area (Å²) in [5.41, 5.74) is -2.02. The molecule has 0 aliphatic heterocycles. The van der Waals surface area contributed by atoms with E-state index in [2.05, 4.69) is 0 Å². The van der Waals surface area contributed by atoms with Crippen molar-refractivity contribution in [2.24, 2.45) is 0 Å². The summed E-state index contributed by atoms with van der Waals surface area (Å²) < 4.78 is 31.5. The summed E-state index contributed by atoms with van der Waals surface area (Å²) in [6.45, 7) is 1.43. The molecule has 0 saturated heterocycles. The maximum atomic E-state index is 13.4. The first kappa shape index (κ1) is 14.6. The van der Waals surface area contributed by atoms with Crippen molar-refractivity contribution in [2.75, 3.05) is 0 Å². The van der Waals surface area contributed by atoms with Crippen molar-refractivity contribution in [1.82, 2.24) is 0 Å². The van der Waals surface area contributed by atoms with Crippen LogP contribution in [0.2, 0.25) is 0 Å². The molecule has 0 fully saturated rings. The maximum absolute atomic E-state index is 13.4. The topological polar surface area (TPSA) is 67.5 Å². The summed E-state index contributed by atoms with van der Waals surface area (Å²) in [7, 11) is 0. The first-order valence-electron chi connectivity index (χ1n) is 5.90. The molecule has 2 aromatic rings. The number of rotatable bonds is 3. The molecule has 0 unspecified atom stereocenters. The Morgan fingerprint density at radius 3 is 2.48 bits per heavy atom. The van der Waals surface area contributed by atoms with Gasteiger partial charge in [0.25, 0.3) is 0 Å². The number of aromatic hydroxyl groups is 1. The zero-order chi connectivity index (χ0) is 15.6. The van der Waals surface area contributed by atoms with Crippen LogP contribution in [0.5, 0.6) is 5.75 Å². The highest BCUT2D eigenvalue weighted by molar-refractivity contribution is 6.08. The normalized spacial score (nSPS) is 11.0. The summed E-state index contributed by atoms with van der Waals surface area (Å²) in [5, 5.41) is 9.59. The van der Waals surface area contributed by atoms with E-state index in [1.54, 1.807) is 0 Å². The van der Waals surface area contributed by atoms with Crippen molar-refractivity contribution < 1.29 is 23.1 Å². The van der Waals surface area contributed by atoms with Gasteiger partial charge in [0.1, 0.15) is 28.7 Å². The van der Waals surface area contributed by atoms with E-state index in [1.807, 2.05) is 0 Å². The van der Waals surface area contributed by atoms with Crippen LogP contribution in [0.15, 0.2) is 39.6 Å². The smallest absolute Gasteiger partial charge is 0.351 e. The Hall–Kier alpha value is -2.76. The number of hydrogen-bond acceptors (Lipinski definition) is 4. The van der Waals surface area contributed by atoms with E-state index >= 15 is 0 Å². The summed E-state index contributed by atoms with van der Waals surface area (Å²) in [6, 6.07) is 4.35. The van der Waals surface area contributed by atoms with E-state index in [9.17, 15) is 23.5 Å². The van der Waals surface area contributed by atoms with Crippen molar-refractivity contribution >= 4 is 11.9 Å². The number of allylic oxidation sites excluding steroid dienone is 1. The Balaban J connectivity index is 2.39. The molecule has 0 bridgehead atoms. The first-order valence-corrected chi connectivity index (χ1v) is 5.90. The monoisotopic (exact) mass is 292 g/mol. The maximum Gasteiger partial charge on any atom is 0.351 e. The van der Waals surface area contributed by atoms with Gasteiger partial charge in [-0.15, -0.1) is 0 Å². The second-order valence-electron chi connectivity index (χ2n) is 4.24. The largest absolute Gasteiger partial charge is 0.507 e. The number of hydrogen-bond donors (Lipinski definition) is 1. The molecule has 0 atom stereocenters. The lowest BCUT2D eigenvalue weighted by atomic mass is 10.1. The van der Waals surface area contributed by atoms with Crippen molar-refractivity contribution in [1.29, 1.82) is 0 Å². The Labute approximate surface area is 118 Å². The fourth-order valence-electron chi connectivity index (χ4n) is 1.74. The molecule has 0 spiro atoms. The number of carbonyl (C=O) groups is 1. The third kappa shape index (κ3) is 3.05. The van der Waals surface area contributed by atoms with Gasteiger partial charge in [-0.2, -0.15) is 0 Å². The number of carbonyl (C=O) groups excluding carboxylic acids is 1. The average Bonchev–Trinajstić information content (AvgIpc) is 2.36. The van der Waals surface area contributed by atoms with Gasteiger partial charge < -0.3 is 9.52 Å². The second-order valence-corrected chi connectivity index (χ2v) is 4.24. The summed E-state index contributed by atoms with van der Waals surface area (Å²) >= 11 is 0. The molecule has 21 heavy (non-hydrogen) atoms. The number of benzene rings is 1. The van der Waals surface area contributed by atoms with E-state index in [-0.39, 0.29) is 5.76 Å². The predicted octanol–water partition coefficient (Wildman–Crippen LogP) is 2.83.